The molecule has 1 aromatic carbocycles. The summed E-state index contributed by atoms with van der Waals surface area (Å²) in [4.78, 5) is 6.34. The van der Waals surface area contributed by atoms with E-state index in [1.165, 1.54) is 6.07 Å². The first-order chi connectivity index (χ1) is 9.74. The van der Waals surface area contributed by atoms with Crippen molar-refractivity contribution in [2.24, 2.45) is 0 Å². The molecule has 0 saturated heterocycles. The highest BCUT2D eigenvalue weighted by atomic mass is 19.1. The molecule has 2 rings (SSSR count). The van der Waals surface area contributed by atoms with Gasteiger partial charge in [0, 0.05) is 25.0 Å². The SMILES string of the molecule is CCNc1ccnc(CN(CC)c2ccccc2F)c1. The minimum absolute atomic E-state index is 0.197. The van der Waals surface area contributed by atoms with Crippen LogP contribution in [0.3, 0.4) is 0 Å². The van der Waals surface area contributed by atoms with Gasteiger partial charge in [0.25, 0.3) is 0 Å². The zero-order valence-corrected chi connectivity index (χ0v) is 11.9. The van der Waals surface area contributed by atoms with Crippen molar-refractivity contribution in [3.63, 3.8) is 0 Å². The number of rotatable bonds is 6. The lowest BCUT2D eigenvalue weighted by molar-refractivity contribution is 0.617. The number of hydrogen-bond donors (Lipinski definition) is 1. The van der Waals surface area contributed by atoms with Gasteiger partial charge in [-0.2, -0.15) is 0 Å². The smallest absolute Gasteiger partial charge is 0.146 e. The molecular formula is C16H20FN3. The van der Waals surface area contributed by atoms with Crippen LogP contribution in [0.15, 0.2) is 42.6 Å². The van der Waals surface area contributed by atoms with E-state index in [0.717, 1.165) is 24.5 Å². The minimum atomic E-state index is -0.197. The number of para-hydroxylation sites is 1. The number of halogens is 1. The van der Waals surface area contributed by atoms with Crippen LogP contribution >= 0.6 is 0 Å². The third kappa shape index (κ3) is 3.47. The Morgan fingerprint density at radius 1 is 1.20 bits per heavy atom. The maximum Gasteiger partial charge on any atom is 0.146 e. The Hall–Kier alpha value is -2.10. The van der Waals surface area contributed by atoms with Gasteiger partial charge in [-0.1, -0.05) is 12.1 Å². The van der Waals surface area contributed by atoms with E-state index >= 15 is 0 Å². The zero-order valence-electron chi connectivity index (χ0n) is 11.9. The molecule has 3 nitrogen and oxygen atoms in total. The summed E-state index contributed by atoms with van der Waals surface area (Å²) >= 11 is 0. The lowest BCUT2D eigenvalue weighted by atomic mass is 10.2. The van der Waals surface area contributed by atoms with E-state index < -0.39 is 0 Å². The number of nitrogens with zero attached hydrogens (tertiary/aromatic N) is 2. The van der Waals surface area contributed by atoms with Crippen LogP contribution in [0.4, 0.5) is 15.8 Å². The molecule has 4 heteroatoms. The average Bonchev–Trinajstić information content (AvgIpc) is 2.46. The topological polar surface area (TPSA) is 28.2 Å². The van der Waals surface area contributed by atoms with Crippen molar-refractivity contribution in [1.82, 2.24) is 4.98 Å². The molecule has 0 radical (unpaired) electrons. The van der Waals surface area contributed by atoms with Crippen LogP contribution in [-0.2, 0) is 6.54 Å². The lowest BCUT2D eigenvalue weighted by Crippen LogP contribution is -2.23. The van der Waals surface area contributed by atoms with E-state index in [2.05, 4.69) is 17.2 Å². The molecule has 1 N–H and O–H groups in total. The molecule has 0 fully saturated rings. The summed E-state index contributed by atoms with van der Waals surface area (Å²) in [7, 11) is 0. The molecule has 0 aliphatic rings. The molecule has 1 aromatic heterocycles. The Morgan fingerprint density at radius 2 is 2.00 bits per heavy atom. The number of nitrogens with one attached hydrogen (secondary N) is 1. The van der Waals surface area contributed by atoms with Crippen LogP contribution in [-0.4, -0.2) is 18.1 Å². The fourth-order valence-corrected chi connectivity index (χ4v) is 2.15. The van der Waals surface area contributed by atoms with E-state index in [0.29, 0.717) is 12.2 Å². The molecule has 0 aliphatic heterocycles. The highest BCUT2D eigenvalue weighted by Crippen LogP contribution is 2.20. The third-order valence-corrected chi connectivity index (χ3v) is 3.13. The lowest BCUT2D eigenvalue weighted by Gasteiger charge is -2.23. The summed E-state index contributed by atoms with van der Waals surface area (Å²) in [6.45, 7) is 6.26. The monoisotopic (exact) mass is 273 g/mol. The van der Waals surface area contributed by atoms with Crippen LogP contribution in [0.2, 0.25) is 0 Å². The zero-order chi connectivity index (χ0) is 14.4. The van der Waals surface area contributed by atoms with Crippen LogP contribution in [0.1, 0.15) is 19.5 Å². The molecule has 0 atom stereocenters. The molecule has 106 valence electrons. The van der Waals surface area contributed by atoms with Crippen molar-refractivity contribution < 1.29 is 4.39 Å². The predicted octanol–water partition coefficient (Wildman–Crippen LogP) is 3.68. The fraction of sp³-hybridized carbons (Fsp3) is 0.312. The highest BCUT2D eigenvalue weighted by Gasteiger charge is 2.10. The molecule has 0 bridgehead atoms. The van der Waals surface area contributed by atoms with Crippen LogP contribution in [0, 0.1) is 5.82 Å². The number of aromatic nitrogens is 1. The highest BCUT2D eigenvalue weighted by molar-refractivity contribution is 5.49. The van der Waals surface area contributed by atoms with Gasteiger partial charge in [0.1, 0.15) is 5.82 Å². The molecule has 0 amide bonds. The third-order valence-electron chi connectivity index (χ3n) is 3.13. The quantitative estimate of drug-likeness (QED) is 0.870. The number of benzene rings is 1. The fourth-order valence-electron chi connectivity index (χ4n) is 2.15. The average molecular weight is 273 g/mol. The first-order valence-electron chi connectivity index (χ1n) is 6.92. The van der Waals surface area contributed by atoms with Gasteiger partial charge in [-0.25, -0.2) is 4.39 Å². The molecule has 2 aromatic rings. The second kappa shape index (κ2) is 6.89. The van der Waals surface area contributed by atoms with E-state index in [9.17, 15) is 4.39 Å². The minimum Gasteiger partial charge on any atom is -0.385 e. The van der Waals surface area contributed by atoms with Crippen molar-refractivity contribution in [3.8, 4) is 0 Å². The predicted molar refractivity (Wildman–Crippen MR) is 81.5 cm³/mol. The number of hydrogen-bond acceptors (Lipinski definition) is 3. The summed E-state index contributed by atoms with van der Waals surface area (Å²) in [5.74, 6) is -0.197. The molecule has 0 spiro atoms. The summed E-state index contributed by atoms with van der Waals surface area (Å²) in [6, 6.07) is 10.8. The number of pyridine rings is 1. The largest absolute Gasteiger partial charge is 0.385 e. The summed E-state index contributed by atoms with van der Waals surface area (Å²) in [5, 5.41) is 3.26. The Morgan fingerprint density at radius 3 is 2.70 bits per heavy atom. The molecule has 1 heterocycles. The van der Waals surface area contributed by atoms with Gasteiger partial charge in [0.2, 0.25) is 0 Å². The van der Waals surface area contributed by atoms with E-state index in [1.54, 1.807) is 18.3 Å². The van der Waals surface area contributed by atoms with Gasteiger partial charge in [0.05, 0.1) is 17.9 Å². The summed E-state index contributed by atoms with van der Waals surface area (Å²) in [6.07, 6.45) is 1.78. The van der Waals surface area contributed by atoms with Crippen molar-refractivity contribution in [1.29, 1.82) is 0 Å². The van der Waals surface area contributed by atoms with Gasteiger partial charge in [-0.3, -0.25) is 4.98 Å². The molecule has 20 heavy (non-hydrogen) atoms. The summed E-state index contributed by atoms with van der Waals surface area (Å²) in [5.41, 5.74) is 2.58. The van der Waals surface area contributed by atoms with Gasteiger partial charge >= 0.3 is 0 Å². The molecule has 0 saturated carbocycles. The first-order valence-corrected chi connectivity index (χ1v) is 6.92. The second-order valence-corrected chi connectivity index (χ2v) is 4.53. The van der Waals surface area contributed by atoms with Gasteiger partial charge in [-0.15, -0.1) is 0 Å². The van der Waals surface area contributed by atoms with E-state index in [1.807, 2.05) is 30.0 Å². The Kier molecular flexibility index (Phi) is 4.93. The van der Waals surface area contributed by atoms with E-state index in [4.69, 9.17) is 0 Å². The standard InChI is InChI=1S/C16H20FN3/c1-3-18-13-9-10-19-14(11-13)12-20(4-2)16-8-6-5-7-15(16)17/h5-11H,3-4,12H2,1-2H3,(H,18,19). The van der Waals surface area contributed by atoms with Gasteiger partial charge in [-0.05, 0) is 38.1 Å². The van der Waals surface area contributed by atoms with Crippen LogP contribution in [0.25, 0.3) is 0 Å². The van der Waals surface area contributed by atoms with E-state index in [-0.39, 0.29) is 5.82 Å². The number of anilines is 2. The van der Waals surface area contributed by atoms with Crippen molar-refractivity contribution in [2.75, 3.05) is 23.3 Å². The Bertz CT molecular complexity index is 557. The molecule has 0 unspecified atom stereocenters. The van der Waals surface area contributed by atoms with Crippen molar-refractivity contribution >= 4 is 11.4 Å². The van der Waals surface area contributed by atoms with Crippen LogP contribution in [0.5, 0.6) is 0 Å². The maximum absolute atomic E-state index is 13.9. The normalized spacial score (nSPS) is 10.3. The van der Waals surface area contributed by atoms with Gasteiger partial charge < -0.3 is 10.2 Å². The first kappa shape index (κ1) is 14.3. The van der Waals surface area contributed by atoms with Crippen LogP contribution < -0.4 is 10.2 Å². The summed E-state index contributed by atoms with van der Waals surface area (Å²) < 4.78 is 13.9. The molecule has 0 aliphatic carbocycles. The Balaban J connectivity index is 2.18. The second-order valence-electron chi connectivity index (χ2n) is 4.53. The van der Waals surface area contributed by atoms with Crippen molar-refractivity contribution in [2.45, 2.75) is 20.4 Å². The Labute approximate surface area is 119 Å². The van der Waals surface area contributed by atoms with Crippen molar-refractivity contribution in [3.05, 3.63) is 54.1 Å². The maximum atomic E-state index is 13.9. The molecular weight excluding hydrogens is 253 g/mol. The van der Waals surface area contributed by atoms with Gasteiger partial charge in [0.15, 0.2) is 0 Å².